The summed E-state index contributed by atoms with van der Waals surface area (Å²) in [6, 6.07) is 11.1. The van der Waals surface area contributed by atoms with Crippen LogP contribution in [0.3, 0.4) is 0 Å². The van der Waals surface area contributed by atoms with E-state index < -0.39 is 0 Å². The van der Waals surface area contributed by atoms with E-state index in [-0.39, 0.29) is 18.1 Å². The minimum Gasteiger partial charge on any atom is -0.483 e. The molecule has 0 unspecified atom stereocenters. The highest BCUT2D eigenvalue weighted by atomic mass is 32.1. The molecule has 0 radical (unpaired) electrons. The molecule has 1 amide bonds. The molecule has 0 aliphatic rings. The number of ether oxygens (including phenoxy) is 1. The molecule has 0 atom stereocenters. The molecule has 0 bridgehead atoms. The summed E-state index contributed by atoms with van der Waals surface area (Å²) in [5, 5.41) is 9.10. The van der Waals surface area contributed by atoms with Gasteiger partial charge in [0.15, 0.2) is 6.61 Å². The molecule has 7 heteroatoms. The number of aromatic nitrogens is 2. The molecule has 2 heterocycles. The molecule has 3 rings (SSSR count). The first kappa shape index (κ1) is 19.8. The van der Waals surface area contributed by atoms with Gasteiger partial charge in [0, 0.05) is 12.6 Å². The monoisotopic (exact) mass is 397 g/mol. The maximum absolute atomic E-state index is 12.1. The standard InChI is InChI=1S/C21H23N3O3S/c1-14-11-15(2)16(3)18(12-14)27-13-20(25)22-8-9-24-21(26)7-6-17(23-24)19-5-4-10-28-19/h4-7,10-12H,8-9,13H2,1-3H3,(H,22,25). The van der Waals surface area contributed by atoms with Crippen LogP contribution in [0.25, 0.3) is 10.6 Å². The Morgan fingerprint density at radius 2 is 2.04 bits per heavy atom. The molecule has 0 saturated heterocycles. The number of nitrogens with one attached hydrogen (secondary N) is 1. The van der Waals surface area contributed by atoms with Gasteiger partial charge in [-0.15, -0.1) is 11.3 Å². The zero-order chi connectivity index (χ0) is 20.1. The SMILES string of the molecule is Cc1cc(C)c(C)c(OCC(=O)NCCn2nc(-c3cccs3)ccc2=O)c1. The highest BCUT2D eigenvalue weighted by Gasteiger charge is 2.08. The predicted molar refractivity (Wildman–Crippen MR) is 111 cm³/mol. The fourth-order valence-electron chi connectivity index (χ4n) is 2.81. The van der Waals surface area contributed by atoms with Crippen LogP contribution in [-0.4, -0.2) is 28.8 Å². The van der Waals surface area contributed by atoms with Crippen molar-refractivity contribution in [2.45, 2.75) is 27.3 Å². The molecule has 1 N–H and O–H groups in total. The van der Waals surface area contributed by atoms with Gasteiger partial charge in [0.25, 0.3) is 11.5 Å². The number of amides is 1. The Hall–Kier alpha value is -2.93. The van der Waals surface area contributed by atoms with Gasteiger partial charge >= 0.3 is 0 Å². The van der Waals surface area contributed by atoms with Crippen molar-refractivity contribution in [3.63, 3.8) is 0 Å². The van der Waals surface area contributed by atoms with Crippen LogP contribution in [-0.2, 0) is 11.3 Å². The fraction of sp³-hybridized carbons (Fsp3) is 0.286. The molecule has 6 nitrogen and oxygen atoms in total. The number of benzene rings is 1. The summed E-state index contributed by atoms with van der Waals surface area (Å²) in [7, 11) is 0. The van der Waals surface area contributed by atoms with Gasteiger partial charge in [-0.25, -0.2) is 4.68 Å². The van der Waals surface area contributed by atoms with Gasteiger partial charge in [-0.2, -0.15) is 5.10 Å². The van der Waals surface area contributed by atoms with Gasteiger partial charge < -0.3 is 10.1 Å². The predicted octanol–water partition coefficient (Wildman–Crippen LogP) is 3.09. The molecular weight excluding hydrogens is 374 g/mol. The number of aryl methyl sites for hydroxylation is 2. The second-order valence-electron chi connectivity index (χ2n) is 6.60. The molecule has 0 saturated carbocycles. The number of carbonyl (C=O) groups excluding carboxylic acids is 1. The summed E-state index contributed by atoms with van der Waals surface area (Å²) in [5.41, 5.74) is 3.80. The van der Waals surface area contributed by atoms with Crippen LogP contribution < -0.4 is 15.6 Å². The van der Waals surface area contributed by atoms with Crippen molar-refractivity contribution in [2.24, 2.45) is 0 Å². The second-order valence-corrected chi connectivity index (χ2v) is 7.55. The quantitative estimate of drug-likeness (QED) is 0.665. The number of thiophene rings is 1. The van der Waals surface area contributed by atoms with Gasteiger partial charge in [-0.05, 0) is 61.0 Å². The van der Waals surface area contributed by atoms with Crippen LogP contribution in [0.4, 0.5) is 0 Å². The second kappa shape index (κ2) is 8.84. The first-order valence-corrected chi connectivity index (χ1v) is 9.91. The molecule has 0 spiro atoms. The Bertz CT molecular complexity index is 1030. The number of carbonyl (C=O) groups is 1. The van der Waals surface area contributed by atoms with Crippen molar-refractivity contribution in [3.05, 3.63) is 68.8 Å². The first-order chi connectivity index (χ1) is 13.4. The van der Waals surface area contributed by atoms with E-state index in [9.17, 15) is 9.59 Å². The summed E-state index contributed by atoms with van der Waals surface area (Å²) in [5.74, 6) is 0.482. The minimum absolute atomic E-state index is 0.0682. The molecule has 0 aliphatic heterocycles. The normalized spacial score (nSPS) is 10.7. The average molecular weight is 398 g/mol. The first-order valence-electron chi connectivity index (χ1n) is 9.03. The lowest BCUT2D eigenvalue weighted by Crippen LogP contribution is -2.34. The Labute approximate surface area is 167 Å². The Morgan fingerprint density at radius 3 is 2.79 bits per heavy atom. The minimum atomic E-state index is -0.235. The van der Waals surface area contributed by atoms with Crippen LogP contribution >= 0.6 is 11.3 Å². The third-order valence-electron chi connectivity index (χ3n) is 4.41. The van der Waals surface area contributed by atoms with Crippen molar-refractivity contribution in [2.75, 3.05) is 13.2 Å². The van der Waals surface area contributed by atoms with E-state index in [1.165, 1.54) is 10.7 Å². The van der Waals surface area contributed by atoms with E-state index in [1.807, 2.05) is 44.4 Å². The molecule has 146 valence electrons. The smallest absolute Gasteiger partial charge is 0.266 e. The Balaban J connectivity index is 1.53. The Morgan fingerprint density at radius 1 is 1.21 bits per heavy atom. The van der Waals surface area contributed by atoms with Crippen LogP contribution in [0.2, 0.25) is 0 Å². The maximum Gasteiger partial charge on any atom is 0.266 e. The molecule has 0 fully saturated rings. The van der Waals surface area contributed by atoms with Crippen LogP contribution in [0, 0.1) is 20.8 Å². The summed E-state index contributed by atoms with van der Waals surface area (Å²) in [4.78, 5) is 25.1. The summed E-state index contributed by atoms with van der Waals surface area (Å²) < 4.78 is 7.03. The number of rotatable bonds is 7. The zero-order valence-electron chi connectivity index (χ0n) is 16.2. The van der Waals surface area contributed by atoms with Crippen LogP contribution in [0.15, 0.2) is 46.6 Å². The van der Waals surface area contributed by atoms with Gasteiger partial charge in [0.05, 0.1) is 11.4 Å². The van der Waals surface area contributed by atoms with Crippen LogP contribution in [0.5, 0.6) is 5.75 Å². The maximum atomic E-state index is 12.1. The topological polar surface area (TPSA) is 73.2 Å². The molecule has 2 aromatic heterocycles. The van der Waals surface area contributed by atoms with Gasteiger partial charge in [-0.1, -0.05) is 12.1 Å². The van der Waals surface area contributed by atoms with E-state index in [0.29, 0.717) is 18.8 Å². The van der Waals surface area contributed by atoms with Crippen molar-refractivity contribution in [3.8, 4) is 16.3 Å². The van der Waals surface area contributed by atoms with Gasteiger partial charge in [0.2, 0.25) is 0 Å². The van der Waals surface area contributed by atoms with Crippen molar-refractivity contribution >= 4 is 17.2 Å². The zero-order valence-corrected chi connectivity index (χ0v) is 17.0. The van der Waals surface area contributed by atoms with Crippen molar-refractivity contribution in [1.29, 1.82) is 0 Å². The third-order valence-corrected chi connectivity index (χ3v) is 5.30. The van der Waals surface area contributed by atoms with Gasteiger partial charge in [-0.3, -0.25) is 9.59 Å². The molecule has 28 heavy (non-hydrogen) atoms. The van der Waals surface area contributed by atoms with E-state index in [4.69, 9.17) is 4.74 Å². The largest absolute Gasteiger partial charge is 0.483 e. The summed E-state index contributed by atoms with van der Waals surface area (Å²) in [6.45, 7) is 6.52. The van der Waals surface area contributed by atoms with E-state index >= 15 is 0 Å². The van der Waals surface area contributed by atoms with E-state index in [1.54, 1.807) is 17.4 Å². The molecule has 1 aromatic carbocycles. The van der Waals surface area contributed by atoms with E-state index in [2.05, 4.69) is 16.5 Å². The van der Waals surface area contributed by atoms with E-state index in [0.717, 1.165) is 27.3 Å². The van der Waals surface area contributed by atoms with Crippen molar-refractivity contribution < 1.29 is 9.53 Å². The lowest BCUT2D eigenvalue weighted by molar-refractivity contribution is -0.123. The summed E-state index contributed by atoms with van der Waals surface area (Å²) >= 11 is 1.56. The summed E-state index contributed by atoms with van der Waals surface area (Å²) in [6.07, 6.45) is 0. The molecule has 3 aromatic rings. The lowest BCUT2D eigenvalue weighted by atomic mass is 10.1. The highest BCUT2D eigenvalue weighted by Crippen LogP contribution is 2.23. The fourth-order valence-corrected chi connectivity index (χ4v) is 3.50. The highest BCUT2D eigenvalue weighted by molar-refractivity contribution is 7.13. The molecular formula is C21H23N3O3S. The molecule has 0 aliphatic carbocycles. The Kier molecular flexibility index (Phi) is 6.26. The number of nitrogens with zero attached hydrogens (tertiary/aromatic N) is 2. The number of hydrogen-bond donors (Lipinski definition) is 1. The van der Waals surface area contributed by atoms with Gasteiger partial charge in [0.1, 0.15) is 11.4 Å². The van der Waals surface area contributed by atoms with Crippen molar-refractivity contribution in [1.82, 2.24) is 15.1 Å². The average Bonchev–Trinajstić information content (AvgIpc) is 3.19. The third kappa shape index (κ3) is 4.86. The van der Waals surface area contributed by atoms with Crippen LogP contribution in [0.1, 0.15) is 16.7 Å². The number of hydrogen-bond acceptors (Lipinski definition) is 5. The lowest BCUT2D eigenvalue weighted by Gasteiger charge is -2.12.